The molecule has 0 saturated heterocycles. The molecule has 0 atom stereocenters. The molecule has 0 unspecified atom stereocenters. The Labute approximate surface area is 236 Å². The zero-order valence-electron chi connectivity index (χ0n) is 22.9. The lowest BCUT2D eigenvalue weighted by atomic mass is 10.0. The Balaban J connectivity index is 1.40. The van der Waals surface area contributed by atoms with Gasteiger partial charge in [0.15, 0.2) is 6.61 Å². The molecule has 0 radical (unpaired) electrons. The summed E-state index contributed by atoms with van der Waals surface area (Å²) in [6.07, 6.45) is 16.3. The molecule has 3 rings (SSSR count). The van der Waals surface area contributed by atoms with Gasteiger partial charge < -0.3 is 15.2 Å². The van der Waals surface area contributed by atoms with Crippen LogP contribution in [0.15, 0.2) is 60.1 Å². The lowest BCUT2D eigenvalue weighted by Gasteiger charge is -2.06. The van der Waals surface area contributed by atoms with Gasteiger partial charge in [-0.25, -0.2) is 9.78 Å². The molecule has 1 heterocycles. The molecule has 2 aromatic carbocycles. The molecule has 0 saturated carbocycles. The highest BCUT2D eigenvalue weighted by Gasteiger charge is 2.11. The first-order valence-electron chi connectivity index (χ1n) is 14.0. The molecular weight excluding hydrogens is 508 g/mol. The predicted octanol–water partition coefficient (Wildman–Crippen LogP) is 7.99. The van der Waals surface area contributed by atoms with Gasteiger partial charge in [0.25, 0.3) is 0 Å². The maximum absolute atomic E-state index is 12.2. The summed E-state index contributed by atoms with van der Waals surface area (Å²) in [6.45, 7) is 2.60. The number of unbranched alkanes of at least 4 members (excludes halogenated alkanes) is 9. The number of carbonyl (C=O) groups excluding carboxylic acids is 1. The summed E-state index contributed by atoms with van der Waals surface area (Å²) < 4.78 is 5.21. The number of carboxylic acids is 1. The highest BCUT2D eigenvalue weighted by Crippen LogP contribution is 2.35. The fourth-order valence-electron chi connectivity index (χ4n) is 4.31. The van der Waals surface area contributed by atoms with Crippen molar-refractivity contribution in [2.24, 2.45) is 0 Å². The number of rotatable bonds is 18. The van der Waals surface area contributed by atoms with E-state index in [1.165, 1.54) is 57.8 Å². The zero-order valence-corrected chi connectivity index (χ0v) is 23.7. The van der Waals surface area contributed by atoms with E-state index in [0.29, 0.717) is 5.75 Å². The first-order chi connectivity index (χ1) is 19.1. The van der Waals surface area contributed by atoms with E-state index in [4.69, 9.17) is 9.84 Å². The minimum absolute atomic E-state index is 0.0597. The molecule has 0 fully saturated rings. The van der Waals surface area contributed by atoms with Gasteiger partial charge in [0, 0.05) is 18.2 Å². The van der Waals surface area contributed by atoms with Crippen molar-refractivity contribution < 1.29 is 19.4 Å². The molecule has 0 aliphatic rings. The van der Waals surface area contributed by atoms with E-state index >= 15 is 0 Å². The van der Waals surface area contributed by atoms with Gasteiger partial charge in [0.05, 0.1) is 16.1 Å². The Morgan fingerprint density at radius 2 is 1.49 bits per heavy atom. The van der Waals surface area contributed by atoms with Crippen LogP contribution in [0.3, 0.4) is 0 Å². The van der Waals surface area contributed by atoms with Crippen LogP contribution in [0, 0.1) is 0 Å². The molecule has 0 aliphatic heterocycles. The normalized spacial score (nSPS) is 11.1. The predicted molar refractivity (Wildman–Crippen MR) is 160 cm³/mol. The van der Waals surface area contributed by atoms with Crippen LogP contribution < -0.4 is 10.1 Å². The van der Waals surface area contributed by atoms with Gasteiger partial charge in [0.2, 0.25) is 5.91 Å². The van der Waals surface area contributed by atoms with Crippen LogP contribution in [0.25, 0.3) is 27.8 Å². The second-order valence-electron chi connectivity index (χ2n) is 9.67. The quantitative estimate of drug-likeness (QED) is 0.124. The van der Waals surface area contributed by atoms with Crippen molar-refractivity contribution in [2.45, 2.75) is 71.1 Å². The number of carboxylic acid groups (broad SMARTS) is 1. The SMILES string of the molecule is CCCCCCCCCCCCNC(=O)C=Cc1ccc(-c2scnc2-c2ccc(OCC(=O)O)cc2)cc1. The van der Waals surface area contributed by atoms with Gasteiger partial charge in [-0.15, -0.1) is 11.3 Å². The topological polar surface area (TPSA) is 88.5 Å². The second-order valence-corrected chi connectivity index (χ2v) is 10.5. The van der Waals surface area contributed by atoms with Crippen LogP contribution in [0.1, 0.15) is 76.7 Å². The molecule has 0 bridgehead atoms. The van der Waals surface area contributed by atoms with Gasteiger partial charge in [-0.1, -0.05) is 89.0 Å². The smallest absolute Gasteiger partial charge is 0.341 e. The molecule has 1 amide bonds. The van der Waals surface area contributed by atoms with Gasteiger partial charge in [0.1, 0.15) is 5.75 Å². The molecule has 3 aromatic rings. The summed E-state index contributed by atoms with van der Waals surface area (Å²) in [4.78, 5) is 28.4. The van der Waals surface area contributed by atoms with Crippen LogP contribution in [0.2, 0.25) is 0 Å². The van der Waals surface area contributed by atoms with Crippen LogP contribution in [0.4, 0.5) is 0 Å². The zero-order chi connectivity index (χ0) is 27.7. The molecule has 0 spiro atoms. The number of hydrogen-bond donors (Lipinski definition) is 2. The fraction of sp³-hybridized carbons (Fsp3) is 0.406. The maximum Gasteiger partial charge on any atom is 0.341 e. The summed E-state index contributed by atoms with van der Waals surface area (Å²) in [5.41, 5.74) is 5.60. The van der Waals surface area contributed by atoms with Crippen molar-refractivity contribution in [3.63, 3.8) is 0 Å². The summed E-state index contributed by atoms with van der Waals surface area (Å²) in [7, 11) is 0. The molecule has 39 heavy (non-hydrogen) atoms. The highest BCUT2D eigenvalue weighted by atomic mass is 32.1. The number of nitrogens with one attached hydrogen (secondary N) is 1. The third kappa shape index (κ3) is 11.1. The van der Waals surface area contributed by atoms with E-state index in [2.05, 4.69) is 17.2 Å². The Kier molecular flexibility index (Phi) is 13.3. The molecule has 7 heteroatoms. The number of ether oxygens (including phenoxy) is 1. The van der Waals surface area contributed by atoms with E-state index in [1.54, 1.807) is 29.5 Å². The van der Waals surface area contributed by atoms with Crippen LogP contribution >= 0.6 is 11.3 Å². The van der Waals surface area contributed by atoms with Crippen LogP contribution in [0.5, 0.6) is 5.75 Å². The van der Waals surface area contributed by atoms with Crippen molar-refractivity contribution in [2.75, 3.05) is 13.2 Å². The first-order valence-corrected chi connectivity index (χ1v) is 14.9. The number of nitrogens with zero attached hydrogens (tertiary/aromatic N) is 1. The van der Waals surface area contributed by atoms with E-state index in [1.807, 2.05) is 48.0 Å². The number of hydrogen-bond acceptors (Lipinski definition) is 5. The Hall–Kier alpha value is -3.45. The Morgan fingerprint density at radius 1 is 0.872 bits per heavy atom. The summed E-state index contributed by atoms with van der Waals surface area (Å²) in [5, 5.41) is 11.7. The number of amides is 1. The minimum Gasteiger partial charge on any atom is -0.482 e. The van der Waals surface area contributed by atoms with Gasteiger partial charge in [-0.3, -0.25) is 4.79 Å². The molecule has 2 N–H and O–H groups in total. The molecular formula is C32H40N2O4S. The lowest BCUT2D eigenvalue weighted by molar-refractivity contribution is -0.139. The summed E-state index contributed by atoms with van der Waals surface area (Å²) >= 11 is 1.56. The summed E-state index contributed by atoms with van der Waals surface area (Å²) in [5.74, 6) is -0.568. The highest BCUT2D eigenvalue weighted by molar-refractivity contribution is 7.13. The van der Waals surface area contributed by atoms with Crippen molar-refractivity contribution in [1.82, 2.24) is 10.3 Å². The Morgan fingerprint density at radius 3 is 2.13 bits per heavy atom. The molecule has 6 nitrogen and oxygen atoms in total. The van der Waals surface area contributed by atoms with E-state index in [0.717, 1.165) is 40.2 Å². The van der Waals surface area contributed by atoms with Crippen LogP contribution in [-0.4, -0.2) is 35.1 Å². The third-order valence-corrected chi connectivity index (χ3v) is 7.36. The first kappa shape index (κ1) is 30.1. The standard InChI is InChI=1S/C32H40N2O4S/c1-2-3-4-5-6-7-8-9-10-11-22-33-29(35)21-14-25-12-15-27(16-13-25)32-31(34-24-39-32)26-17-19-28(20-18-26)38-23-30(36)37/h12-21,24H,2-11,22-23H2,1H3,(H,33,35)(H,36,37). The molecule has 0 aliphatic carbocycles. The number of thiazole rings is 1. The lowest BCUT2D eigenvalue weighted by Crippen LogP contribution is -2.21. The second kappa shape index (κ2) is 17.2. The van der Waals surface area contributed by atoms with Crippen LogP contribution in [-0.2, 0) is 9.59 Å². The van der Waals surface area contributed by atoms with Crippen molar-refractivity contribution in [1.29, 1.82) is 0 Å². The van der Waals surface area contributed by atoms with Crippen molar-refractivity contribution in [3.8, 4) is 27.4 Å². The monoisotopic (exact) mass is 548 g/mol. The fourth-order valence-corrected chi connectivity index (χ4v) is 5.13. The number of aliphatic carboxylic acids is 1. The third-order valence-electron chi connectivity index (χ3n) is 6.49. The van der Waals surface area contributed by atoms with Gasteiger partial charge in [-0.05, 0) is 47.9 Å². The van der Waals surface area contributed by atoms with Gasteiger partial charge in [-0.2, -0.15) is 0 Å². The van der Waals surface area contributed by atoms with Gasteiger partial charge >= 0.3 is 5.97 Å². The maximum atomic E-state index is 12.2. The number of carbonyl (C=O) groups is 2. The molecule has 1 aromatic heterocycles. The largest absolute Gasteiger partial charge is 0.482 e. The van der Waals surface area contributed by atoms with Crippen molar-refractivity contribution in [3.05, 3.63) is 65.7 Å². The van der Waals surface area contributed by atoms with E-state index in [9.17, 15) is 9.59 Å². The Bertz CT molecular complexity index is 1170. The average Bonchev–Trinajstić information content (AvgIpc) is 3.44. The minimum atomic E-state index is -1.01. The number of benzene rings is 2. The number of aromatic nitrogens is 1. The van der Waals surface area contributed by atoms with E-state index in [-0.39, 0.29) is 12.5 Å². The molecule has 208 valence electrons. The van der Waals surface area contributed by atoms with Crippen molar-refractivity contribution >= 4 is 29.3 Å². The van der Waals surface area contributed by atoms with E-state index < -0.39 is 5.97 Å². The summed E-state index contributed by atoms with van der Waals surface area (Å²) in [6, 6.07) is 15.3. The average molecular weight is 549 g/mol.